The number of aliphatic hydroxyl groups is 1. The van der Waals surface area contributed by atoms with Crippen LogP contribution >= 0.6 is 0 Å². The van der Waals surface area contributed by atoms with E-state index < -0.39 is 25.0 Å². The summed E-state index contributed by atoms with van der Waals surface area (Å²) in [5, 5.41) is 10.5. The van der Waals surface area contributed by atoms with Gasteiger partial charge in [-0.2, -0.15) is 5.06 Å². The summed E-state index contributed by atoms with van der Waals surface area (Å²) in [6, 6.07) is -1.61. The zero-order valence-corrected chi connectivity index (χ0v) is 7.74. The van der Waals surface area contributed by atoms with Crippen LogP contribution < -0.4 is 0 Å². The molecule has 1 N–H and O–H groups in total. The van der Waals surface area contributed by atoms with Crippen LogP contribution in [-0.2, 0) is 4.84 Å². The minimum Gasteiger partial charge on any atom is -0.393 e. The molecule has 3 atom stereocenters. The number of piperidine rings is 1. The molecule has 0 aliphatic carbocycles. The summed E-state index contributed by atoms with van der Waals surface area (Å²) in [5.41, 5.74) is 0. The van der Waals surface area contributed by atoms with Crippen LogP contribution in [-0.4, -0.2) is 34.9 Å². The molecule has 1 fully saturated rings. The summed E-state index contributed by atoms with van der Waals surface area (Å²) >= 11 is 0. The van der Waals surface area contributed by atoms with Crippen molar-refractivity contribution in [1.82, 2.24) is 5.06 Å². The van der Waals surface area contributed by atoms with E-state index in [1.165, 1.54) is 6.92 Å². The Labute approximate surface area is 79.9 Å². The molecule has 1 rings (SSSR count). The van der Waals surface area contributed by atoms with Gasteiger partial charge < -0.3 is 5.11 Å². The largest absolute Gasteiger partial charge is 0.393 e. The normalized spacial score (nSPS) is 54.1. The molecule has 0 aromatic heterocycles. The van der Waals surface area contributed by atoms with Gasteiger partial charge in [0.05, 0.1) is 12.2 Å². The first-order chi connectivity index (χ1) is 7.09. The average molecular weight is 181 g/mol. The molecule has 0 amide bonds. The van der Waals surface area contributed by atoms with E-state index in [-0.39, 0.29) is 12.5 Å². The molecule has 12 heavy (non-hydrogen) atoms. The van der Waals surface area contributed by atoms with Crippen molar-refractivity contribution in [3.63, 3.8) is 0 Å². The van der Waals surface area contributed by atoms with E-state index in [2.05, 4.69) is 0 Å². The van der Waals surface area contributed by atoms with Crippen molar-refractivity contribution in [3.8, 4) is 0 Å². The minimum atomic E-state index is -1.93. The predicted molar refractivity (Wildman–Crippen MR) is 47.6 cm³/mol. The quantitative estimate of drug-likeness (QED) is 0.694. The molecule has 1 saturated heterocycles. The molecular weight excluding hydrogens is 154 g/mol. The lowest BCUT2D eigenvalue weighted by Crippen LogP contribution is -2.43. The summed E-state index contributed by atoms with van der Waals surface area (Å²) in [6.45, 7) is 2.91. The average Bonchev–Trinajstić information content (AvgIpc) is 2.09. The highest BCUT2D eigenvalue weighted by Gasteiger charge is 2.24. The number of rotatable bonds is 2. The molecule has 0 spiro atoms. The van der Waals surface area contributed by atoms with Gasteiger partial charge in [-0.15, -0.1) is 0 Å². The van der Waals surface area contributed by atoms with Crippen molar-refractivity contribution < 1.29 is 15.4 Å². The lowest BCUT2D eigenvalue weighted by molar-refractivity contribution is -0.227. The van der Waals surface area contributed by atoms with E-state index in [0.717, 1.165) is 5.06 Å². The molecule has 0 bridgehead atoms. The summed E-state index contributed by atoms with van der Waals surface area (Å²) in [5.74, 6) is 0. The van der Waals surface area contributed by atoms with Crippen molar-refractivity contribution in [3.05, 3.63) is 0 Å². The first kappa shape index (κ1) is 5.58. The lowest BCUT2D eigenvalue weighted by Gasteiger charge is -2.35. The van der Waals surface area contributed by atoms with Gasteiger partial charge in [-0.05, 0) is 33.6 Å². The number of hydrogen-bond donors (Lipinski definition) is 1. The standard InChI is InChI=1S/C9H19NO2/c1-7(2)12-10-5-4-9(11)6-8(10)3/h7-9,11H,4-6H2,1-3H3/i5T2,6T,8T. The van der Waals surface area contributed by atoms with Crippen molar-refractivity contribution in [2.45, 2.75) is 51.8 Å². The second kappa shape index (κ2) is 4.21. The second-order valence-corrected chi connectivity index (χ2v) is 3.19. The molecule has 0 saturated carbocycles. The van der Waals surface area contributed by atoms with Crippen LogP contribution in [0.5, 0.6) is 0 Å². The number of hydroxylamine groups is 2. The zero-order chi connectivity index (χ0) is 12.7. The van der Waals surface area contributed by atoms with Gasteiger partial charge in [-0.3, -0.25) is 4.84 Å². The van der Waals surface area contributed by atoms with Gasteiger partial charge in [0.1, 0.15) is 0 Å². The number of hydrogen-bond acceptors (Lipinski definition) is 3. The predicted octanol–water partition coefficient (Wildman–Crippen LogP) is 1.17. The summed E-state index contributed by atoms with van der Waals surface area (Å²) in [6.07, 6.45) is -2.76. The fraction of sp³-hybridized carbons (Fsp3) is 1.00. The fourth-order valence-electron chi connectivity index (χ4n) is 1.04. The second-order valence-electron chi connectivity index (χ2n) is 3.19. The van der Waals surface area contributed by atoms with Gasteiger partial charge in [0, 0.05) is 18.0 Å². The maximum atomic E-state index is 9.57. The van der Waals surface area contributed by atoms with E-state index in [4.69, 9.17) is 10.3 Å². The molecule has 0 aromatic rings. The minimum absolute atomic E-state index is 0.220. The van der Waals surface area contributed by atoms with E-state index >= 15 is 0 Å². The molecule has 3 heteroatoms. The third-order valence-corrected chi connectivity index (χ3v) is 1.51. The Balaban J connectivity index is 2.99. The van der Waals surface area contributed by atoms with Gasteiger partial charge in [-0.25, -0.2) is 0 Å². The molecule has 0 radical (unpaired) electrons. The first-order valence-electron chi connectivity index (χ1n) is 6.24. The Morgan fingerprint density at radius 3 is 3.00 bits per heavy atom. The molecule has 1 heterocycles. The van der Waals surface area contributed by atoms with Gasteiger partial charge in [0.25, 0.3) is 0 Å². The maximum absolute atomic E-state index is 9.57. The highest BCUT2D eigenvalue weighted by molar-refractivity contribution is 4.73. The topological polar surface area (TPSA) is 32.7 Å². The molecule has 3 nitrogen and oxygen atoms in total. The van der Waals surface area contributed by atoms with Gasteiger partial charge in [0.15, 0.2) is 0 Å². The lowest BCUT2D eigenvalue weighted by atomic mass is 10.0. The smallest absolute Gasteiger partial charge is 0.0737 e. The van der Waals surface area contributed by atoms with E-state index in [1.807, 2.05) is 0 Å². The number of aliphatic hydroxyl groups excluding tert-OH is 1. The van der Waals surface area contributed by atoms with Crippen LogP contribution in [0.15, 0.2) is 0 Å². The SMILES string of the molecule is [3H]C1C(O)CC([3H])([3H])N(OC(C)C)C1([3H])C. The molecule has 3 unspecified atom stereocenters. The van der Waals surface area contributed by atoms with E-state index in [1.54, 1.807) is 13.8 Å². The van der Waals surface area contributed by atoms with Gasteiger partial charge in [-0.1, -0.05) is 0 Å². The monoisotopic (exact) mass is 181 g/mol. The third-order valence-electron chi connectivity index (χ3n) is 1.51. The summed E-state index contributed by atoms with van der Waals surface area (Å²) in [7, 11) is 0. The van der Waals surface area contributed by atoms with Crippen molar-refractivity contribution in [2.75, 3.05) is 6.50 Å². The highest BCUT2D eigenvalue weighted by Crippen LogP contribution is 2.18. The summed E-state index contributed by atoms with van der Waals surface area (Å²) < 4.78 is 31.2. The van der Waals surface area contributed by atoms with Crippen molar-refractivity contribution in [2.24, 2.45) is 0 Å². The maximum Gasteiger partial charge on any atom is 0.0737 e. The summed E-state index contributed by atoms with van der Waals surface area (Å²) in [4.78, 5) is 5.28. The van der Waals surface area contributed by atoms with Crippen molar-refractivity contribution in [1.29, 1.82) is 0 Å². The van der Waals surface area contributed by atoms with E-state index in [0.29, 0.717) is 0 Å². The Morgan fingerprint density at radius 2 is 2.42 bits per heavy atom. The molecule has 1 aliphatic heterocycles. The molecule has 1 aliphatic rings. The highest BCUT2D eigenvalue weighted by atomic mass is 16.7. The Morgan fingerprint density at radius 1 is 1.75 bits per heavy atom. The van der Waals surface area contributed by atoms with Crippen LogP contribution in [0.4, 0.5) is 0 Å². The van der Waals surface area contributed by atoms with Crippen LogP contribution in [0.25, 0.3) is 0 Å². The van der Waals surface area contributed by atoms with Crippen molar-refractivity contribution >= 4 is 0 Å². The Bertz CT molecular complexity index is 260. The Kier molecular flexibility index (Phi) is 1.96. The molecule has 72 valence electrons. The van der Waals surface area contributed by atoms with Crippen LogP contribution in [0.1, 0.15) is 39.1 Å². The fourth-order valence-corrected chi connectivity index (χ4v) is 1.04. The molecule has 0 aromatic carbocycles. The van der Waals surface area contributed by atoms with Gasteiger partial charge in [0.2, 0.25) is 0 Å². The zero-order valence-electron chi connectivity index (χ0n) is 11.7. The van der Waals surface area contributed by atoms with E-state index in [9.17, 15) is 5.11 Å². The van der Waals surface area contributed by atoms with Crippen LogP contribution in [0.3, 0.4) is 0 Å². The van der Waals surface area contributed by atoms with Crippen LogP contribution in [0.2, 0.25) is 0 Å². The molecular formula is C9H19NO2. The van der Waals surface area contributed by atoms with Crippen LogP contribution in [0, 0.1) is 0 Å². The first-order valence-corrected chi connectivity index (χ1v) is 4.16. The van der Waals surface area contributed by atoms with Gasteiger partial charge >= 0.3 is 0 Å². The third kappa shape index (κ3) is 2.73. The Hall–Kier alpha value is -0.120. The number of nitrogens with zero attached hydrogens (tertiary/aromatic N) is 1.